The van der Waals surface area contributed by atoms with Crippen molar-refractivity contribution in [1.82, 2.24) is 10.1 Å². The molecule has 0 spiro atoms. The lowest BCUT2D eigenvalue weighted by molar-refractivity contribution is 0.323. The second-order valence-corrected chi connectivity index (χ2v) is 3.79. The summed E-state index contributed by atoms with van der Waals surface area (Å²) in [6.45, 7) is 1.04. The van der Waals surface area contributed by atoms with Crippen LogP contribution < -0.4 is 11.5 Å². The van der Waals surface area contributed by atoms with Gasteiger partial charge in [0.2, 0.25) is 5.89 Å². The fourth-order valence-electron chi connectivity index (χ4n) is 2.15. The first-order valence-electron chi connectivity index (χ1n) is 5.07. The molecule has 2 unspecified atom stereocenters. The standard InChI is InChI=1S/C9H16N4O/c10-4-6-2-1-3-7(6)9-12-8(5-11)13-14-9/h6-7H,1-5,10-11H2. The Morgan fingerprint density at radius 2 is 2.21 bits per heavy atom. The molecule has 78 valence electrons. The Kier molecular flexibility index (Phi) is 2.79. The Morgan fingerprint density at radius 3 is 2.86 bits per heavy atom. The Bertz CT molecular complexity index is 299. The molecule has 0 bridgehead atoms. The van der Waals surface area contributed by atoms with Crippen LogP contribution in [-0.4, -0.2) is 16.7 Å². The van der Waals surface area contributed by atoms with Crippen molar-refractivity contribution in [1.29, 1.82) is 0 Å². The predicted molar refractivity (Wildman–Crippen MR) is 51.3 cm³/mol. The third-order valence-corrected chi connectivity index (χ3v) is 2.95. The third-order valence-electron chi connectivity index (χ3n) is 2.95. The van der Waals surface area contributed by atoms with Crippen LogP contribution in [-0.2, 0) is 6.54 Å². The Hall–Kier alpha value is -0.940. The maximum absolute atomic E-state index is 5.69. The van der Waals surface area contributed by atoms with Crippen LogP contribution in [0.5, 0.6) is 0 Å². The van der Waals surface area contributed by atoms with Crippen LogP contribution in [0.4, 0.5) is 0 Å². The summed E-state index contributed by atoms with van der Waals surface area (Å²) in [6.07, 6.45) is 3.47. The molecule has 2 rings (SSSR count). The van der Waals surface area contributed by atoms with Crippen LogP contribution in [0.25, 0.3) is 0 Å². The number of aromatic nitrogens is 2. The van der Waals surface area contributed by atoms with Gasteiger partial charge in [0, 0.05) is 5.92 Å². The summed E-state index contributed by atoms with van der Waals surface area (Å²) in [7, 11) is 0. The molecular formula is C9H16N4O. The average molecular weight is 196 g/mol. The lowest BCUT2D eigenvalue weighted by Crippen LogP contribution is -2.17. The van der Waals surface area contributed by atoms with Crippen LogP contribution >= 0.6 is 0 Å². The van der Waals surface area contributed by atoms with Gasteiger partial charge in [0.15, 0.2) is 5.82 Å². The first-order valence-corrected chi connectivity index (χ1v) is 5.07. The monoisotopic (exact) mass is 196 g/mol. The quantitative estimate of drug-likeness (QED) is 0.728. The number of nitrogens with zero attached hydrogens (tertiary/aromatic N) is 2. The lowest BCUT2D eigenvalue weighted by atomic mass is 9.96. The van der Waals surface area contributed by atoms with E-state index in [1.807, 2.05) is 0 Å². The molecule has 1 aromatic rings. The van der Waals surface area contributed by atoms with Gasteiger partial charge in [-0.15, -0.1) is 0 Å². The number of nitrogens with two attached hydrogens (primary N) is 2. The summed E-state index contributed by atoms with van der Waals surface area (Å²) in [5.41, 5.74) is 11.1. The molecule has 0 aliphatic heterocycles. The van der Waals surface area contributed by atoms with E-state index in [9.17, 15) is 0 Å². The molecule has 1 aliphatic carbocycles. The molecule has 1 saturated carbocycles. The van der Waals surface area contributed by atoms with Gasteiger partial charge in [0.05, 0.1) is 6.54 Å². The maximum atomic E-state index is 5.69. The fourth-order valence-corrected chi connectivity index (χ4v) is 2.15. The molecule has 2 atom stereocenters. The largest absolute Gasteiger partial charge is 0.339 e. The van der Waals surface area contributed by atoms with Crippen LogP contribution in [0.3, 0.4) is 0 Å². The Balaban J connectivity index is 2.13. The highest BCUT2D eigenvalue weighted by atomic mass is 16.5. The Labute approximate surface area is 82.8 Å². The van der Waals surface area contributed by atoms with Crippen molar-refractivity contribution in [2.45, 2.75) is 31.7 Å². The molecule has 5 nitrogen and oxygen atoms in total. The summed E-state index contributed by atoms with van der Waals surface area (Å²) >= 11 is 0. The van der Waals surface area contributed by atoms with E-state index in [1.54, 1.807) is 0 Å². The highest BCUT2D eigenvalue weighted by Gasteiger charge is 2.31. The van der Waals surface area contributed by atoms with Gasteiger partial charge >= 0.3 is 0 Å². The van der Waals surface area contributed by atoms with Gasteiger partial charge in [-0.1, -0.05) is 11.6 Å². The van der Waals surface area contributed by atoms with Crippen LogP contribution in [0, 0.1) is 5.92 Å². The van der Waals surface area contributed by atoms with Gasteiger partial charge in [-0.25, -0.2) is 0 Å². The minimum absolute atomic E-state index is 0.337. The predicted octanol–water partition coefficient (Wildman–Crippen LogP) is 0.371. The summed E-state index contributed by atoms with van der Waals surface area (Å²) < 4.78 is 5.17. The van der Waals surface area contributed by atoms with Crippen molar-refractivity contribution in [3.05, 3.63) is 11.7 Å². The molecule has 0 amide bonds. The third kappa shape index (κ3) is 1.65. The molecule has 0 radical (unpaired) electrons. The maximum Gasteiger partial charge on any atom is 0.230 e. The summed E-state index contributed by atoms with van der Waals surface area (Å²) in [5, 5.41) is 3.80. The number of hydrogen-bond donors (Lipinski definition) is 2. The van der Waals surface area contributed by atoms with E-state index in [2.05, 4.69) is 10.1 Å². The highest BCUT2D eigenvalue weighted by Crippen LogP contribution is 2.37. The minimum Gasteiger partial charge on any atom is -0.339 e. The molecule has 1 heterocycles. The summed E-state index contributed by atoms with van der Waals surface area (Å²) in [6, 6.07) is 0. The van der Waals surface area contributed by atoms with E-state index in [0.29, 0.717) is 30.7 Å². The van der Waals surface area contributed by atoms with Crippen molar-refractivity contribution in [2.75, 3.05) is 6.54 Å². The van der Waals surface area contributed by atoms with Gasteiger partial charge in [0.1, 0.15) is 0 Å². The Morgan fingerprint density at radius 1 is 1.36 bits per heavy atom. The molecule has 0 saturated heterocycles. The van der Waals surface area contributed by atoms with Crippen molar-refractivity contribution >= 4 is 0 Å². The molecule has 4 N–H and O–H groups in total. The average Bonchev–Trinajstić information content (AvgIpc) is 2.85. The van der Waals surface area contributed by atoms with Crippen molar-refractivity contribution in [3.63, 3.8) is 0 Å². The van der Waals surface area contributed by atoms with E-state index in [1.165, 1.54) is 12.8 Å². The van der Waals surface area contributed by atoms with E-state index in [4.69, 9.17) is 16.0 Å². The lowest BCUT2D eigenvalue weighted by Gasteiger charge is -2.12. The van der Waals surface area contributed by atoms with Crippen molar-refractivity contribution in [2.24, 2.45) is 17.4 Å². The first kappa shape index (κ1) is 9.61. The summed E-state index contributed by atoms with van der Waals surface area (Å²) in [4.78, 5) is 4.25. The van der Waals surface area contributed by atoms with Crippen LogP contribution in [0.15, 0.2) is 4.52 Å². The molecule has 1 aromatic heterocycles. The molecule has 14 heavy (non-hydrogen) atoms. The first-order chi connectivity index (χ1) is 6.85. The second-order valence-electron chi connectivity index (χ2n) is 3.79. The second kappa shape index (κ2) is 4.06. The normalized spacial score (nSPS) is 27.0. The molecule has 1 fully saturated rings. The van der Waals surface area contributed by atoms with Crippen molar-refractivity contribution in [3.8, 4) is 0 Å². The number of hydrogen-bond acceptors (Lipinski definition) is 5. The minimum atomic E-state index is 0.337. The molecular weight excluding hydrogens is 180 g/mol. The number of rotatable bonds is 3. The topological polar surface area (TPSA) is 91.0 Å². The zero-order valence-electron chi connectivity index (χ0n) is 8.15. The van der Waals surface area contributed by atoms with E-state index in [-0.39, 0.29) is 0 Å². The fraction of sp³-hybridized carbons (Fsp3) is 0.778. The van der Waals surface area contributed by atoms with Gasteiger partial charge in [-0.3, -0.25) is 0 Å². The molecule has 0 aromatic carbocycles. The highest BCUT2D eigenvalue weighted by molar-refractivity contribution is 5.00. The zero-order chi connectivity index (χ0) is 9.97. The van der Waals surface area contributed by atoms with E-state index in [0.717, 1.165) is 12.3 Å². The van der Waals surface area contributed by atoms with Crippen LogP contribution in [0.1, 0.15) is 36.9 Å². The van der Waals surface area contributed by atoms with Gasteiger partial charge in [0.25, 0.3) is 0 Å². The summed E-state index contributed by atoms with van der Waals surface area (Å²) in [5.74, 6) is 2.16. The molecule has 5 heteroatoms. The zero-order valence-corrected chi connectivity index (χ0v) is 8.15. The molecule has 1 aliphatic rings. The SMILES string of the molecule is NCc1noc(C2CCCC2CN)n1. The van der Waals surface area contributed by atoms with Gasteiger partial charge in [-0.2, -0.15) is 4.98 Å². The van der Waals surface area contributed by atoms with E-state index < -0.39 is 0 Å². The van der Waals surface area contributed by atoms with Crippen molar-refractivity contribution < 1.29 is 4.52 Å². The van der Waals surface area contributed by atoms with Gasteiger partial charge in [-0.05, 0) is 25.3 Å². The smallest absolute Gasteiger partial charge is 0.230 e. The van der Waals surface area contributed by atoms with Crippen LogP contribution in [0.2, 0.25) is 0 Å². The van der Waals surface area contributed by atoms with Gasteiger partial charge < -0.3 is 16.0 Å². The van der Waals surface area contributed by atoms with E-state index >= 15 is 0 Å².